The molecule has 100 valence electrons. The highest BCUT2D eigenvalue weighted by Crippen LogP contribution is 2.25. The van der Waals surface area contributed by atoms with E-state index in [1.165, 1.54) is 0 Å². The number of hydrogen-bond donors (Lipinski definition) is 2. The number of hydrogen-bond acceptors (Lipinski definition) is 4. The van der Waals surface area contributed by atoms with Crippen LogP contribution < -0.4 is 11.1 Å². The van der Waals surface area contributed by atoms with Crippen molar-refractivity contribution in [1.82, 2.24) is 15.3 Å². The van der Waals surface area contributed by atoms with Gasteiger partial charge in [-0.2, -0.15) is 13.2 Å². The fourth-order valence-corrected chi connectivity index (χ4v) is 1.02. The van der Waals surface area contributed by atoms with Crippen LogP contribution in [0, 0.1) is 0 Å². The molecule has 1 heterocycles. The first-order valence-corrected chi connectivity index (χ1v) is 5.07. The molecule has 1 aromatic heterocycles. The third-order valence-electron chi connectivity index (χ3n) is 1.85. The van der Waals surface area contributed by atoms with E-state index < -0.39 is 23.4 Å². The molecule has 0 fully saturated rings. The minimum absolute atomic E-state index is 0.122. The molecule has 0 atom stereocenters. The zero-order chi connectivity index (χ0) is 14.0. The van der Waals surface area contributed by atoms with Gasteiger partial charge >= 0.3 is 6.18 Å². The molecular formula is C10H13F3N4O. The van der Waals surface area contributed by atoms with Gasteiger partial charge in [0.15, 0.2) is 0 Å². The fourth-order valence-electron chi connectivity index (χ4n) is 1.02. The summed E-state index contributed by atoms with van der Waals surface area (Å²) in [6.07, 6.45) is -3.79. The van der Waals surface area contributed by atoms with Gasteiger partial charge in [0, 0.05) is 18.3 Å². The number of nitrogens with one attached hydrogen (secondary N) is 1. The maximum Gasteiger partial charge on any atom is 0.451 e. The van der Waals surface area contributed by atoms with Crippen molar-refractivity contribution in [2.75, 3.05) is 6.54 Å². The summed E-state index contributed by atoms with van der Waals surface area (Å²) in [6.45, 7) is 3.47. The Bertz CT molecular complexity index is 439. The molecule has 0 bridgehead atoms. The molecule has 0 aliphatic carbocycles. The zero-order valence-electron chi connectivity index (χ0n) is 9.88. The molecule has 0 saturated carbocycles. The van der Waals surface area contributed by atoms with Crippen LogP contribution in [0.1, 0.15) is 30.2 Å². The van der Waals surface area contributed by atoms with Crippen molar-refractivity contribution in [3.63, 3.8) is 0 Å². The van der Waals surface area contributed by atoms with Crippen LogP contribution in [0.4, 0.5) is 13.2 Å². The molecule has 8 heteroatoms. The van der Waals surface area contributed by atoms with Crippen molar-refractivity contribution in [1.29, 1.82) is 0 Å². The van der Waals surface area contributed by atoms with Crippen LogP contribution in [-0.2, 0) is 6.18 Å². The molecule has 18 heavy (non-hydrogen) atoms. The molecule has 0 spiro atoms. The molecule has 0 aromatic carbocycles. The fraction of sp³-hybridized carbons (Fsp3) is 0.500. The summed E-state index contributed by atoms with van der Waals surface area (Å²) in [6, 6.07) is 1.11. The lowest BCUT2D eigenvalue weighted by molar-refractivity contribution is -0.145. The summed E-state index contributed by atoms with van der Waals surface area (Å²) in [5.41, 5.74) is 4.63. The highest BCUT2D eigenvalue weighted by molar-refractivity contribution is 5.92. The SMILES string of the molecule is CC(C)(N)CNC(=O)c1ccnc(C(F)(F)F)n1. The van der Waals surface area contributed by atoms with Crippen LogP contribution in [0.25, 0.3) is 0 Å². The molecule has 1 aromatic rings. The average molecular weight is 262 g/mol. The second-order valence-electron chi connectivity index (χ2n) is 4.43. The third-order valence-corrected chi connectivity index (χ3v) is 1.85. The molecule has 1 amide bonds. The Labute approximate surface area is 102 Å². The number of alkyl halides is 3. The molecule has 3 N–H and O–H groups in total. The molecule has 1 rings (SSSR count). The van der Waals surface area contributed by atoms with Gasteiger partial charge in [-0.25, -0.2) is 9.97 Å². The number of aromatic nitrogens is 2. The minimum atomic E-state index is -4.68. The number of rotatable bonds is 3. The van der Waals surface area contributed by atoms with E-state index in [2.05, 4.69) is 15.3 Å². The van der Waals surface area contributed by atoms with Crippen LogP contribution in [0.15, 0.2) is 12.3 Å². The topological polar surface area (TPSA) is 80.9 Å². The van der Waals surface area contributed by atoms with Crippen LogP contribution in [0.5, 0.6) is 0 Å². The first kappa shape index (κ1) is 14.4. The second kappa shape index (κ2) is 4.89. The standard InChI is InChI=1S/C10H13F3N4O/c1-9(2,14)5-16-7(18)6-3-4-15-8(17-6)10(11,12)13/h3-4H,5,14H2,1-2H3,(H,16,18). The Morgan fingerprint density at radius 3 is 2.56 bits per heavy atom. The van der Waals surface area contributed by atoms with E-state index in [0.29, 0.717) is 0 Å². The summed E-state index contributed by atoms with van der Waals surface area (Å²) in [5, 5.41) is 2.40. The summed E-state index contributed by atoms with van der Waals surface area (Å²) in [7, 11) is 0. The van der Waals surface area contributed by atoms with Gasteiger partial charge in [-0.15, -0.1) is 0 Å². The van der Waals surface area contributed by atoms with Crippen molar-refractivity contribution in [3.05, 3.63) is 23.8 Å². The molecule has 0 radical (unpaired) electrons. The lowest BCUT2D eigenvalue weighted by Crippen LogP contribution is -2.45. The monoisotopic (exact) mass is 262 g/mol. The van der Waals surface area contributed by atoms with Crippen molar-refractivity contribution in [3.8, 4) is 0 Å². The van der Waals surface area contributed by atoms with Crippen LogP contribution >= 0.6 is 0 Å². The number of carbonyl (C=O) groups is 1. The highest BCUT2D eigenvalue weighted by Gasteiger charge is 2.35. The van der Waals surface area contributed by atoms with E-state index in [1.54, 1.807) is 13.8 Å². The maximum absolute atomic E-state index is 12.3. The predicted octanol–water partition coefficient (Wildman–Crippen LogP) is 0.962. The van der Waals surface area contributed by atoms with Crippen LogP contribution in [-0.4, -0.2) is 28.0 Å². The van der Waals surface area contributed by atoms with Gasteiger partial charge in [-0.3, -0.25) is 4.79 Å². The first-order valence-electron chi connectivity index (χ1n) is 5.07. The van der Waals surface area contributed by atoms with E-state index in [0.717, 1.165) is 12.3 Å². The molecule has 5 nitrogen and oxygen atoms in total. The molecule has 0 saturated heterocycles. The van der Waals surface area contributed by atoms with Crippen molar-refractivity contribution >= 4 is 5.91 Å². The highest BCUT2D eigenvalue weighted by atomic mass is 19.4. The van der Waals surface area contributed by atoms with Gasteiger partial charge in [0.25, 0.3) is 5.91 Å². The summed E-state index contributed by atoms with van der Waals surface area (Å²) < 4.78 is 37.0. The van der Waals surface area contributed by atoms with E-state index >= 15 is 0 Å². The Kier molecular flexibility index (Phi) is 3.90. The van der Waals surface area contributed by atoms with Gasteiger partial charge in [0.2, 0.25) is 5.82 Å². The van der Waals surface area contributed by atoms with Gasteiger partial charge in [0.05, 0.1) is 0 Å². The van der Waals surface area contributed by atoms with Crippen LogP contribution in [0.3, 0.4) is 0 Å². The third kappa shape index (κ3) is 4.28. The molecular weight excluding hydrogens is 249 g/mol. The van der Waals surface area contributed by atoms with Gasteiger partial charge in [-0.1, -0.05) is 0 Å². The number of halogens is 3. The smallest absolute Gasteiger partial charge is 0.349 e. The largest absolute Gasteiger partial charge is 0.451 e. The molecule has 0 aliphatic heterocycles. The first-order chi connectivity index (χ1) is 8.09. The second-order valence-corrected chi connectivity index (χ2v) is 4.43. The van der Waals surface area contributed by atoms with Gasteiger partial charge in [0.1, 0.15) is 5.69 Å². The zero-order valence-corrected chi connectivity index (χ0v) is 9.88. The van der Waals surface area contributed by atoms with Crippen molar-refractivity contribution in [2.45, 2.75) is 25.6 Å². The van der Waals surface area contributed by atoms with Gasteiger partial charge < -0.3 is 11.1 Å². The van der Waals surface area contributed by atoms with E-state index in [9.17, 15) is 18.0 Å². The maximum atomic E-state index is 12.3. The minimum Gasteiger partial charge on any atom is -0.349 e. The number of amides is 1. The Morgan fingerprint density at radius 2 is 2.06 bits per heavy atom. The average Bonchev–Trinajstić information content (AvgIpc) is 2.24. The normalized spacial score (nSPS) is 12.3. The lowest BCUT2D eigenvalue weighted by Gasteiger charge is -2.18. The summed E-state index contributed by atoms with van der Waals surface area (Å²) in [5.74, 6) is -2.07. The quantitative estimate of drug-likeness (QED) is 0.850. The summed E-state index contributed by atoms with van der Waals surface area (Å²) in [4.78, 5) is 17.8. The Hall–Kier alpha value is -1.70. The molecule has 0 aliphatic rings. The predicted molar refractivity (Wildman–Crippen MR) is 57.6 cm³/mol. The Balaban J connectivity index is 2.81. The van der Waals surface area contributed by atoms with Gasteiger partial charge in [-0.05, 0) is 19.9 Å². The number of nitrogens with two attached hydrogens (primary N) is 1. The van der Waals surface area contributed by atoms with Crippen LogP contribution in [0.2, 0.25) is 0 Å². The lowest BCUT2D eigenvalue weighted by atomic mass is 10.1. The van der Waals surface area contributed by atoms with E-state index in [4.69, 9.17) is 5.73 Å². The van der Waals surface area contributed by atoms with E-state index in [-0.39, 0.29) is 12.2 Å². The molecule has 0 unspecified atom stereocenters. The van der Waals surface area contributed by atoms with Crippen molar-refractivity contribution < 1.29 is 18.0 Å². The van der Waals surface area contributed by atoms with E-state index in [1.807, 2.05) is 0 Å². The number of carbonyl (C=O) groups excluding carboxylic acids is 1. The Morgan fingerprint density at radius 1 is 1.44 bits per heavy atom. The van der Waals surface area contributed by atoms with Crippen molar-refractivity contribution in [2.24, 2.45) is 5.73 Å². The summed E-state index contributed by atoms with van der Waals surface area (Å²) >= 11 is 0. The number of nitrogens with zero attached hydrogens (tertiary/aromatic N) is 2.